The maximum absolute atomic E-state index is 11.7. The molecule has 23 heavy (non-hydrogen) atoms. The number of carbonyl (C=O) groups excluding carboxylic acids is 1. The van der Waals surface area contributed by atoms with Gasteiger partial charge in [-0.2, -0.15) is 11.8 Å². The zero-order valence-corrected chi connectivity index (χ0v) is 15.1. The summed E-state index contributed by atoms with van der Waals surface area (Å²) in [5, 5.41) is 6.50. The second kappa shape index (κ2) is 7.77. The molecule has 0 aromatic carbocycles. The van der Waals surface area contributed by atoms with Crippen molar-refractivity contribution in [2.75, 3.05) is 44.2 Å². The van der Waals surface area contributed by atoms with E-state index in [0.717, 1.165) is 57.4 Å². The summed E-state index contributed by atoms with van der Waals surface area (Å²) >= 11 is 2.07. The molecule has 0 aliphatic carbocycles. The third kappa shape index (κ3) is 4.34. The van der Waals surface area contributed by atoms with Crippen molar-refractivity contribution in [1.82, 2.24) is 15.5 Å². The monoisotopic (exact) mass is 338 g/mol. The van der Waals surface area contributed by atoms with Gasteiger partial charge in [0, 0.05) is 44.6 Å². The number of hydrogen-bond donors (Lipinski definition) is 2. The lowest BCUT2D eigenvalue weighted by atomic mass is 9.79. The van der Waals surface area contributed by atoms with Crippen molar-refractivity contribution in [3.63, 3.8) is 0 Å². The van der Waals surface area contributed by atoms with Gasteiger partial charge in [0.2, 0.25) is 5.91 Å². The van der Waals surface area contributed by atoms with Crippen molar-refractivity contribution >= 4 is 23.6 Å². The molecule has 0 saturated carbocycles. The van der Waals surface area contributed by atoms with Crippen LogP contribution in [0.15, 0.2) is 4.99 Å². The highest BCUT2D eigenvalue weighted by molar-refractivity contribution is 7.99. The van der Waals surface area contributed by atoms with E-state index >= 15 is 0 Å². The molecular formula is C17H30N4OS. The second-order valence-corrected chi connectivity index (χ2v) is 8.45. The van der Waals surface area contributed by atoms with Crippen LogP contribution in [0.2, 0.25) is 0 Å². The predicted molar refractivity (Wildman–Crippen MR) is 96.9 cm³/mol. The molecule has 5 nitrogen and oxygen atoms in total. The molecule has 0 aromatic heterocycles. The van der Waals surface area contributed by atoms with E-state index in [1.54, 1.807) is 0 Å². The van der Waals surface area contributed by atoms with Crippen molar-refractivity contribution in [3.8, 4) is 0 Å². The fourth-order valence-corrected chi connectivity index (χ4v) is 5.20. The lowest BCUT2D eigenvalue weighted by Crippen LogP contribution is -2.51. The Morgan fingerprint density at radius 2 is 2.30 bits per heavy atom. The predicted octanol–water partition coefficient (Wildman–Crippen LogP) is 1.70. The molecule has 6 heteroatoms. The molecule has 0 aromatic rings. The van der Waals surface area contributed by atoms with Crippen LogP contribution in [-0.2, 0) is 4.79 Å². The van der Waals surface area contributed by atoms with E-state index in [0.29, 0.717) is 6.42 Å². The Kier molecular flexibility index (Phi) is 5.72. The molecular weight excluding hydrogens is 308 g/mol. The van der Waals surface area contributed by atoms with E-state index in [9.17, 15) is 4.79 Å². The highest BCUT2D eigenvalue weighted by Crippen LogP contribution is 2.36. The van der Waals surface area contributed by atoms with Gasteiger partial charge in [0.1, 0.15) is 0 Å². The zero-order chi connectivity index (χ0) is 16.1. The first-order valence-corrected chi connectivity index (χ1v) is 10.2. The topological polar surface area (TPSA) is 56.7 Å². The van der Waals surface area contributed by atoms with Crippen LogP contribution in [0.4, 0.5) is 0 Å². The van der Waals surface area contributed by atoms with Crippen molar-refractivity contribution in [1.29, 1.82) is 0 Å². The Morgan fingerprint density at radius 3 is 3.00 bits per heavy atom. The summed E-state index contributed by atoms with van der Waals surface area (Å²) in [4.78, 5) is 19.0. The molecule has 3 aliphatic heterocycles. The van der Waals surface area contributed by atoms with E-state index in [1.165, 1.54) is 24.3 Å². The van der Waals surface area contributed by atoms with Crippen LogP contribution in [-0.4, -0.2) is 61.0 Å². The van der Waals surface area contributed by atoms with Gasteiger partial charge in [0.05, 0.1) is 0 Å². The fourth-order valence-electron chi connectivity index (χ4n) is 4.00. The maximum Gasteiger partial charge on any atom is 0.220 e. The van der Waals surface area contributed by atoms with Gasteiger partial charge < -0.3 is 15.5 Å². The van der Waals surface area contributed by atoms with Crippen LogP contribution in [0, 0.1) is 11.3 Å². The van der Waals surface area contributed by atoms with E-state index in [4.69, 9.17) is 4.99 Å². The maximum atomic E-state index is 11.7. The normalized spacial score (nSPS) is 29.9. The van der Waals surface area contributed by atoms with E-state index in [1.807, 2.05) is 0 Å². The summed E-state index contributed by atoms with van der Waals surface area (Å²) in [7, 11) is 0. The van der Waals surface area contributed by atoms with E-state index in [-0.39, 0.29) is 11.3 Å². The quantitative estimate of drug-likeness (QED) is 0.607. The molecule has 130 valence electrons. The molecule has 3 heterocycles. The average Bonchev–Trinajstić information content (AvgIpc) is 2.92. The van der Waals surface area contributed by atoms with Crippen LogP contribution in [0.1, 0.15) is 39.0 Å². The van der Waals surface area contributed by atoms with Gasteiger partial charge >= 0.3 is 0 Å². The number of aliphatic imine (C=N–C) groups is 1. The van der Waals surface area contributed by atoms with Crippen LogP contribution in [0.5, 0.6) is 0 Å². The average molecular weight is 339 g/mol. The highest BCUT2D eigenvalue weighted by atomic mass is 32.2. The SMILES string of the molecule is CCNC(=NCC1CCSCC1)N1CCCC2(CNC(=O)C2)C1. The summed E-state index contributed by atoms with van der Waals surface area (Å²) in [6.45, 7) is 6.83. The van der Waals surface area contributed by atoms with Gasteiger partial charge in [-0.1, -0.05) is 0 Å². The molecule has 1 atom stereocenters. The fraction of sp³-hybridized carbons (Fsp3) is 0.882. The first-order chi connectivity index (χ1) is 11.2. The van der Waals surface area contributed by atoms with Crippen LogP contribution >= 0.6 is 11.8 Å². The van der Waals surface area contributed by atoms with Crippen molar-refractivity contribution in [2.24, 2.45) is 16.3 Å². The third-order valence-corrected chi connectivity index (χ3v) is 6.38. The summed E-state index contributed by atoms with van der Waals surface area (Å²) in [6.07, 6.45) is 5.59. The minimum Gasteiger partial charge on any atom is -0.357 e. The molecule has 2 N–H and O–H groups in total. The number of nitrogens with one attached hydrogen (secondary N) is 2. The number of likely N-dealkylation sites (tertiary alicyclic amines) is 1. The molecule has 0 radical (unpaired) electrons. The standard InChI is InChI=1S/C17H30N4OS/c1-2-18-16(19-11-14-4-8-23-9-5-14)21-7-3-6-17(13-21)10-15(22)20-12-17/h14H,2-13H2,1H3,(H,18,19)(H,20,22). The van der Waals surface area contributed by atoms with E-state index in [2.05, 4.69) is 34.2 Å². The molecule has 3 fully saturated rings. The first-order valence-electron chi connectivity index (χ1n) is 9.08. The molecule has 3 saturated heterocycles. The molecule has 3 aliphatic rings. The molecule has 3 rings (SSSR count). The number of nitrogens with zero attached hydrogens (tertiary/aromatic N) is 2. The van der Waals surface area contributed by atoms with Crippen molar-refractivity contribution in [3.05, 3.63) is 0 Å². The minimum atomic E-state index is 0.132. The highest BCUT2D eigenvalue weighted by Gasteiger charge is 2.42. The Morgan fingerprint density at radius 1 is 1.48 bits per heavy atom. The van der Waals surface area contributed by atoms with Gasteiger partial charge in [-0.25, -0.2) is 0 Å². The lowest BCUT2D eigenvalue weighted by molar-refractivity contribution is -0.119. The van der Waals surface area contributed by atoms with Gasteiger partial charge in [-0.05, 0) is 50.0 Å². The number of piperidine rings is 1. The van der Waals surface area contributed by atoms with Gasteiger partial charge in [0.25, 0.3) is 0 Å². The second-order valence-electron chi connectivity index (χ2n) is 7.23. The zero-order valence-electron chi connectivity index (χ0n) is 14.3. The molecule has 1 spiro atoms. The van der Waals surface area contributed by atoms with Crippen molar-refractivity contribution < 1.29 is 4.79 Å². The van der Waals surface area contributed by atoms with Crippen LogP contribution < -0.4 is 10.6 Å². The molecule has 1 amide bonds. The third-order valence-electron chi connectivity index (χ3n) is 5.33. The number of rotatable bonds is 3. The summed E-state index contributed by atoms with van der Waals surface area (Å²) < 4.78 is 0. The smallest absolute Gasteiger partial charge is 0.220 e. The first kappa shape index (κ1) is 16.9. The number of thioether (sulfide) groups is 1. The Hall–Kier alpha value is -0.910. The number of amides is 1. The summed E-state index contributed by atoms with van der Waals surface area (Å²) in [6, 6.07) is 0. The lowest BCUT2D eigenvalue weighted by Gasteiger charge is -2.41. The van der Waals surface area contributed by atoms with Gasteiger partial charge in [-0.3, -0.25) is 9.79 Å². The molecule has 0 bridgehead atoms. The molecule has 1 unspecified atom stereocenters. The van der Waals surface area contributed by atoms with Crippen molar-refractivity contribution in [2.45, 2.75) is 39.0 Å². The summed E-state index contributed by atoms with van der Waals surface area (Å²) in [5.41, 5.74) is 0.132. The largest absolute Gasteiger partial charge is 0.357 e. The Balaban J connectivity index is 1.63. The van der Waals surface area contributed by atoms with Gasteiger partial charge in [0.15, 0.2) is 5.96 Å². The Bertz CT molecular complexity index is 450. The summed E-state index contributed by atoms with van der Waals surface area (Å²) in [5.74, 6) is 4.60. The Labute approximate surface area is 144 Å². The van der Waals surface area contributed by atoms with Crippen LogP contribution in [0.3, 0.4) is 0 Å². The van der Waals surface area contributed by atoms with Gasteiger partial charge in [-0.15, -0.1) is 0 Å². The van der Waals surface area contributed by atoms with E-state index < -0.39 is 0 Å². The minimum absolute atomic E-state index is 0.132. The number of hydrogen-bond acceptors (Lipinski definition) is 3. The number of carbonyl (C=O) groups is 1. The number of guanidine groups is 1. The van der Waals surface area contributed by atoms with Crippen LogP contribution in [0.25, 0.3) is 0 Å².